The highest BCUT2D eigenvalue weighted by atomic mass is 32.1. The van der Waals surface area contributed by atoms with E-state index in [0.29, 0.717) is 31.4 Å². The summed E-state index contributed by atoms with van der Waals surface area (Å²) in [6.45, 7) is 3.59. The Bertz CT molecular complexity index is 750. The molecule has 3 heterocycles. The van der Waals surface area contributed by atoms with Gasteiger partial charge >= 0.3 is 0 Å². The highest BCUT2D eigenvalue weighted by Gasteiger charge is 2.21. The summed E-state index contributed by atoms with van der Waals surface area (Å²) in [6.07, 6.45) is 0.595. The minimum Gasteiger partial charge on any atom is -0.375 e. The molecule has 112 valence electrons. The maximum Gasteiger partial charge on any atom is 0.262 e. The van der Waals surface area contributed by atoms with Crippen LogP contribution in [0.1, 0.15) is 11.4 Å². The van der Waals surface area contributed by atoms with Crippen molar-refractivity contribution in [2.45, 2.75) is 19.9 Å². The Balaban J connectivity index is 1.97. The number of carbonyl (C=O) groups excluding carboxylic acids is 1. The van der Waals surface area contributed by atoms with E-state index in [9.17, 15) is 9.59 Å². The molecule has 1 aliphatic rings. The summed E-state index contributed by atoms with van der Waals surface area (Å²) < 4.78 is 6.60. The van der Waals surface area contributed by atoms with E-state index < -0.39 is 0 Å². The molecule has 0 fully saturated rings. The van der Waals surface area contributed by atoms with Crippen molar-refractivity contribution in [2.24, 2.45) is 0 Å². The minimum absolute atomic E-state index is 0.00907. The molecule has 2 aromatic rings. The molecule has 0 saturated heterocycles. The van der Waals surface area contributed by atoms with Crippen LogP contribution in [-0.2, 0) is 22.5 Å². The van der Waals surface area contributed by atoms with Crippen LogP contribution in [0.4, 0.5) is 0 Å². The van der Waals surface area contributed by atoms with Crippen molar-refractivity contribution in [3.8, 4) is 0 Å². The van der Waals surface area contributed by atoms with Crippen LogP contribution >= 0.6 is 11.3 Å². The second-order valence-electron chi connectivity index (χ2n) is 5.15. The predicted octanol–water partition coefficient (Wildman–Crippen LogP) is 0.798. The number of hydrogen-bond acceptors (Lipinski definition) is 5. The largest absolute Gasteiger partial charge is 0.375 e. The molecule has 0 atom stereocenters. The van der Waals surface area contributed by atoms with Crippen molar-refractivity contribution in [1.29, 1.82) is 0 Å². The third kappa shape index (κ3) is 2.47. The normalized spacial score (nSPS) is 15.0. The van der Waals surface area contributed by atoms with Crippen molar-refractivity contribution in [1.82, 2.24) is 14.5 Å². The first kappa shape index (κ1) is 14.2. The maximum absolute atomic E-state index is 12.6. The molecule has 0 N–H and O–H groups in total. The number of hydrogen-bond donors (Lipinski definition) is 0. The average Bonchev–Trinajstić information content (AvgIpc) is 2.70. The van der Waals surface area contributed by atoms with Gasteiger partial charge in [0.1, 0.15) is 17.3 Å². The number of amides is 1. The quantitative estimate of drug-likeness (QED) is 0.823. The Morgan fingerprint density at radius 3 is 3.00 bits per heavy atom. The lowest BCUT2D eigenvalue weighted by atomic mass is 10.2. The fraction of sp³-hybridized carbons (Fsp3) is 0.500. The van der Waals surface area contributed by atoms with E-state index >= 15 is 0 Å². The van der Waals surface area contributed by atoms with Gasteiger partial charge in [0.05, 0.1) is 5.39 Å². The minimum atomic E-state index is -0.0450. The van der Waals surface area contributed by atoms with Gasteiger partial charge in [-0.2, -0.15) is 0 Å². The number of thiophene rings is 1. The number of ether oxygens (including phenoxy) is 1. The van der Waals surface area contributed by atoms with E-state index in [4.69, 9.17) is 4.74 Å². The number of methoxy groups -OCH3 is 1. The Hall–Kier alpha value is -1.73. The fourth-order valence-electron chi connectivity index (χ4n) is 2.66. The first-order chi connectivity index (χ1) is 10.1. The van der Waals surface area contributed by atoms with Gasteiger partial charge in [-0.05, 0) is 17.9 Å². The van der Waals surface area contributed by atoms with Crippen LogP contribution in [0.3, 0.4) is 0 Å². The standard InChI is InChI=1S/C14H17N3O3S/c1-9-8-21-13-12(9)14(19)17-6-5-16(11(18)7-20-2)4-3-10(17)15-13/h8H,3-7H2,1-2H3. The van der Waals surface area contributed by atoms with Gasteiger partial charge < -0.3 is 9.64 Å². The van der Waals surface area contributed by atoms with Crippen LogP contribution < -0.4 is 5.56 Å². The van der Waals surface area contributed by atoms with Gasteiger partial charge in [0.15, 0.2) is 0 Å². The lowest BCUT2D eigenvalue weighted by Crippen LogP contribution is -2.36. The highest BCUT2D eigenvalue weighted by molar-refractivity contribution is 7.16. The molecular formula is C14H17N3O3S. The molecule has 21 heavy (non-hydrogen) atoms. The molecule has 2 aromatic heterocycles. The molecule has 1 amide bonds. The summed E-state index contributed by atoms with van der Waals surface area (Å²) in [6, 6.07) is 0. The highest BCUT2D eigenvalue weighted by Crippen LogP contribution is 2.21. The SMILES string of the molecule is COCC(=O)N1CCc2nc3scc(C)c3c(=O)n2CC1. The van der Waals surface area contributed by atoms with Crippen molar-refractivity contribution >= 4 is 27.5 Å². The van der Waals surface area contributed by atoms with Crippen LogP contribution in [0.15, 0.2) is 10.2 Å². The Labute approximate surface area is 126 Å². The molecular weight excluding hydrogens is 290 g/mol. The molecule has 0 aliphatic carbocycles. The van der Waals surface area contributed by atoms with E-state index in [2.05, 4.69) is 4.98 Å². The van der Waals surface area contributed by atoms with Gasteiger partial charge in [-0.25, -0.2) is 4.98 Å². The van der Waals surface area contributed by atoms with Crippen molar-refractivity contribution in [3.63, 3.8) is 0 Å². The zero-order valence-corrected chi connectivity index (χ0v) is 12.9. The lowest BCUT2D eigenvalue weighted by Gasteiger charge is -2.19. The van der Waals surface area contributed by atoms with Gasteiger partial charge in [0.25, 0.3) is 5.56 Å². The zero-order valence-electron chi connectivity index (χ0n) is 12.1. The summed E-state index contributed by atoms with van der Waals surface area (Å²) in [5.74, 6) is 0.721. The monoisotopic (exact) mass is 307 g/mol. The van der Waals surface area contributed by atoms with Crippen molar-refractivity contribution in [3.05, 3.63) is 27.1 Å². The number of aromatic nitrogens is 2. The molecule has 6 nitrogen and oxygen atoms in total. The number of rotatable bonds is 2. The summed E-state index contributed by atoms with van der Waals surface area (Å²) in [5, 5.41) is 2.67. The maximum atomic E-state index is 12.6. The number of carbonyl (C=O) groups is 1. The third-order valence-electron chi connectivity index (χ3n) is 3.78. The molecule has 0 saturated carbocycles. The first-order valence-corrected chi connectivity index (χ1v) is 7.74. The summed E-state index contributed by atoms with van der Waals surface area (Å²) >= 11 is 1.50. The van der Waals surface area contributed by atoms with E-state index in [1.807, 2.05) is 12.3 Å². The second kappa shape index (κ2) is 5.57. The van der Waals surface area contributed by atoms with Crippen molar-refractivity contribution in [2.75, 3.05) is 26.8 Å². The molecule has 3 rings (SSSR count). The van der Waals surface area contributed by atoms with E-state index in [-0.39, 0.29) is 18.1 Å². The fourth-order valence-corrected chi connectivity index (χ4v) is 3.59. The molecule has 0 radical (unpaired) electrons. The van der Waals surface area contributed by atoms with Gasteiger partial charge in [-0.15, -0.1) is 11.3 Å². The molecule has 7 heteroatoms. The zero-order chi connectivity index (χ0) is 15.0. The number of aryl methyl sites for hydroxylation is 1. The third-order valence-corrected chi connectivity index (χ3v) is 4.77. The van der Waals surface area contributed by atoms with Crippen molar-refractivity contribution < 1.29 is 9.53 Å². The molecule has 0 unspecified atom stereocenters. The summed E-state index contributed by atoms with van der Waals surface area (Å²) in [4.78, 5) is 31.7. The summed E-state index contributed by atoms with van der Waals surface area (Å²) in [7, 11) is 1.51. The van der Waals surface area contributed by atoms with Crippen LogP contribution in [0.2, 0.25) is 0 Å². The van der Waals surface area contributed by atoms with Gasteiger partial charge in [0.2, 0.25) is 5.91 Å². The molecule has 1 aliphatic heterocycles. The van der Waals surface area contributed by atoms with E-state index in [0.717, 1.165) is 16.2 Å². The molecule has 0 spiro atoms. The second-order valence-corrected chi connectivity index (χ2v) is 6.01. The van der Waals surface area contributed by atoms with Gasteiger partial charge in [0, 0.05) is 33.2 Å². The number of nitrogens with zero attached hydrogens (tertiary/aromatic N) is 3. The topological polar surface area (TPSA) is 64.4 Å². The van der Waals surface area contributed by atoms with Crippen LogP contribution in [0.5, 0.6) is 0 Å². The average molecular weight is 307 g/mol. The van der Waals surface area contributed by atoms with Crippen LogP contribution in [0, 0.1) is 6.92 Å². The molecule has 0 bridgehead atoms. The predicted molar refractivity (Wildman–Crippen MR) is 80.8 cm³/mol. The molecule has 0 aromatic carbocycles. The van der Waals surface area contributed by atoms with E-state index in [1.165, 1.54) is 18.4 Å². The number of fused-ring (bicyclic) bond motifs is 2. The Kier molecular flexibility index (Phi) is 3.77. The summed E-state index contributed by atoms with van der Waals surface area (Å²) in [5.41, 5.74) is 0.981. The lowest BCUT2D eigenvalue weighted by molar-refractivity contribution is -0.135. The Morgan fingerprint density at radius 2 is 2.24 bits per heavy atom. The Morgan fingerprint density at radius 1 is 1.43 bits per heavy atom. The van der Waals surface area contributed by atoms with Gasteiger partial charge in [-0.3, -0.25) is 14.2 Å². The van der Waals surface area contributed by atoms with E-state index in [1.54, 1.807) is 9.47 Å². The van der Waals surface area contributed by atoms with Crippen LogP contribution in [-0.4, -0.2) is 47.2 Å². The van der Waals surface area contributed by atoms with Crippen LogP contribution in [0.25, 0.3) is 10.2 Å². The first-order valence-electron chi connectivity index (χ1n) is 6.86. The van der Waals surface area contributed by atoms with Gasteiger partial charge in [-0.1, -0.05) is 0 Å². The smallest absolute Gasteiger partial charge is 0.262 e.